The summed E-state index contributed by atoms with van der Waals surface area (Å²) in [5.74, 6) is 5.50. The second-order valence-electron chi connectivity index (χ2n) is 9.08. The van der Waals surface area contributed by atoms with Gasteiger partial charge in [-0.15, -0.1) is 12.1 Å². The van der Waals surface area contributed by atoms with Gasteiger partial charge in [0.25, 0.3) is 0 Å². The van der Waals surface area contributed by atoms with Crippen LogP contribution in [-0.4, -0.2) is 28.4 Å². The molecule has 0 aliphatic rings. The van der Waals surface area contributed by atoms with Gasteiger partial charge in [0, 0.05) is 11.5 Å². The van der Waals surface area contributed by atoms with E-state index in [1.165, 1.54) is 0 Å². The average Bonchev–Trinajstić information content (AvgIpc) is 3.14. The van der Waals surface area contributed by atoms with Crippen LogP contribution in [0.2, 0.25) is 0 Å². The summed E-state index contributed by atoms with van der Waals surface area (Å²) in [5.41, 5.74) is 0. The molecule has 0 aromatic heterocycles. The molecule has 0 heterocycles. The van der Waals surface area contributed by atoms with Gasteiger partial charge in [0.1, 0.15) is 46.0 Å². The molecule has 0 saturated carbocycles. The summed E-state index contributed by atoms with van der Waals surface area (Å²) >= 11 is 4.72. The van der Waals surface area contributed by atoms with E-state index in [9.17, 15) is 0 Å². The van der Waals surface area contributed by atoms with Crippen molar-refractivity contribution in [2.24, 2.45) is 0 Å². The maximum atomic E-state index is 6.17. The van der Waals surface area contributed by atoms with Crippen LogP contribution in [0.1, 0.15) is 0 Å². The second kappa shape index (κ2) is 20.0. The van der Waals surface area contributed by atoms with E-state index in [2.05, 4.69) is 21.7 Å². The van der Waals surface area contributed by atoms with Gasteiger partial charge in [0.2, 0.25) is 0 Å². The average molecular weight is 895 g/mol. The first-order valence-electron chi connectivity index (χ1n) is 13.9. The molecule has 0 fully saturated rings. The Morgan fingerprint density at radius 2 is 0.604 bits per heavy atom. The third kappa shape index (κ3) is 11.8. The van der Waals surface area contributed by atoms with Crippen molar-refractivity contribution in [2.45, 2.75) is 0 Å². The van der Waals surface area contributed by atoms with E-state index in [0.29, 0.717) is 57.5 Å². The first-order chi connectivity index (χ1) is 23.5. The number of hydrogen-bond acceptors (Lipinski definition) is 10. The molecule has 254 valence electrons. The van der Waals surface area contributed by atoms with Crippen molar-refractivity contribution >= 4 is 36.7 Å². The Labute approximate surface area is 303 Å². The van der Waals surface area contributed by atoms with Gasteiger partial charge in [-0.05, 0) is 97.1 Å². The fraction of sp³-hybridized carbons (Fsp3) is 0.118. The summed E-state index contributed by atoms with van der Waals surface area (Å²) in [4.78, 5) is 0. The molecule has 0 atom stereocenters. The molecule has 5 rings (SSSR count). The van der Waals surface area contributed by atoms with Crippen molar-refractivity contribution < 1.29 is 61.7 Å². The first kappa shape index (κ1) is 37.2. The van der Waals surface area contributed by atoms with Gasteiger partial charge in [-0.1, -0.05) is 6.07 Å². The fourth-order valence-corrected chi connectivity index (χ4v) is 5.63. The Morgan fingerprint density at radius 3 is 0.833 bits per heavy atom. The van der Waals surface area contributed by atoms with Crippen LogP contribution < -0.4 is 46.1 Å². The molecule has 0 N–H and O–H groups in total. The van der Waals surface area contributed by atoms with Crippen LogP contribution in [0.15, 0.2) is 115 Å². The van der Waals surface area contributed by atoms with E-state index in [4.69, 9.17) is 46.1 Å². The van der Waals surface area contributed by atoms with Crippen molar-refractivity contribution in [1.29, 1.82) is 0 Å². The van der Waals surface area contributed by atoms with Gasteiger partial charge in [0.15, 0.2) is 0 Å². The van der Waals surface area contributed by atoms with E-state index in [-0.39, 0.29) is 0 Å². The van der Waals surface area contributed by atoms with Crippen molar-refractivity contribution in [3.63, 3.8) is 0 Å². The van der Waals surface area contributed by atoms with Crippen LogP contribution in [0, 0.1) is 6.07 Å². The van der Waals surface area contributed by atoms with Crippen LogP contribution in [0.3, 0.4) is 0 Å². The van der Waals surface area contributed by atoms with Crippen molar-refractivity contribution in [3.8, 4) is 57.5 Å². The van der Waals surface area contributed by atoms with Gasteiger partial charge in [-0.25, -0.2) is 0 Å². The molecule has 48 heavy (non-hydrogen) atoms. The Morgan fingerprint density at radius 1 is 0.375 bits per heavy atom. The zero-order valence-corrected chi connectivity index (χ0v) is 31.6. The quantitative estimate of drug-likeness (QED) is 0.0413. The number of ether oxygens (including phenoxy) is 4. The summed E-state index contributed by atoms with van der Waals surface area (Å²) in [5, 5.41) is 0. The molecule has 0 saturated heterocycles. The van der Waals surface area contributed by atoms with Gasteiger partial charge in [0.05, 0.1) is 28.4 Å². The van der Waals surface area contributed by atoms with Crippen LogP contribution in [0.25, 0.3) is 0 Å². The number of halogens is 1. The predicted octanol–water partition coefficient (Wildman–Crippen LogP) is 9.93. The molecule has 5 aromatic rings. The maximum absolute atomic E-state index is 6.17. The van der Waals surface area contributed by atoms with E-state index in [1.54, 1.807) is 144 Å². The third-order valence-corrected chi connectivity index (χ3v) is 8.18. The first-order valence-corrected chi connectivity index (χ1v) is 20.7. The normalized spacial score (nSPS) is 10.3. The Hall–Kier alpha value is -3.65. The SMILES string of the molecule is COc1ccc(OP(Oc2[c-]c(OP(Oc3ccc(OC)cc3)Oc3ccc(OC)cc3)ccc2)Oc2ccc(OC)cc2)cc1.[Pd+][I]. The van der Waals surface area contributed by atoms with Crippen molar-refractivity contribution in [3.05, 3.63) is 121 Å². The molecule has 0 aliphatic carbocycles. The Kier molecular flexibility index (Phi) is 15.5. The molecule has 0 bridgehead atoms. The second-order valence-corrected chi connectivity index (χ2v) is 11.1. The Bertz CT molecular complexity index is 1430. The minimum absolute atomic E-state index is 0.314. The number of rotatable bonds is 16. The standard InChI is InChI=1S/C34H31O10P2.HI.Pd/c1-35-25-8-16-29(17-9-25)39-45(40-30-18-10-26(36-2)11-19-30)43-33-6-5-7-34(24-33)44-46(41-31-20-12-27(37-3)13-21-31)42-32-22-14-28(38-4)15-23-32;;/h5-23H,1-4H3;1H;/q-1;;+2/p-1. The molecule has 5 aromatic carbocycles. The van der Waals surface area contributed by atoms with E-state index >= 15 is 0 Å². The molecular weight excluding hydrogens is 864 g/mol. The molecule has 0 aliphatic heterocycles. The Balaban J connectivity index is 0.00000255. The van der Waals surface area contributed by atoms with Crippen LogP contribution >= 0.6 is 36.7 Å². The van der Waals surface area contributed by atoms with E-state index in [1.807, 2.05) is 19.5 Å². The monoisotopic (exact) mass is 894 g/mol. The zero-order valence-electron chi connectivity index (χ0n) is 26.1. The molecule has 10 nitrogen and oxygen atoms in total. The van der Waals surface area contributed by atoms with Crippen LogP contribution in [0.4, 0.5) is 0 Å². The van der Waals surface area contributed by atoms with Gasteiger partial charge >= 0.3 is 52.3 Å². The van der Waals surface area contributed by atoms with E-state index < -0.39 is 17.2 Å². The summed E-state index contributed by atoms with van der Waals surface area (Å²) < 4.78 is 57.8. The summed E-state index contributed by atoms with van der Waals surface area (Å²) in [6, 6.07) is 36.7. The fourth-order valence-electron chi connectivity index (χ4n) is 3.70. The predicted molar refractivity (Wildman–Crippen MR) is 189 cm³/mol. The van der Waals surface area contributed by atoms with Crippen LogP contribution in [0.5, 0.6) is 57.5 Å². The van der Waals surface area contributed by atoms with Crippen molar-refractivity contribution in [2.75, 3.05) is 28.4 Å². The van der Waals surface area contributed by atoms with Gasteiger partial charge < -0.3 is 46.1 Å². The molecule has 0 radical (unpaired) electrons. The van der Waals surface area contributed by atoms with Gasteiger partial charge in [-0.3, -0.25) is 0 Å². The molecule has 0 unspecified atom stereocenters. The number of benzene rings is 5. The molecule has 0 spiro atoms. The molecule has 14 heteroatoms. The number of methoxy groups -OCH3 is 4. The summed E-state index contributed by atoms with van der Waals surface area (Å²) in [7, 11) is 2.41. The van der Waals surface area contributed by atoms with E-state index in [0.717, 1.165) is 0 Å². The third-order valence-electron chi connectivity index (χ3n) is 6.04. The van der Waals surface area contributed by atoms with Gasteiger partial charge in [-0.2, -0.15) is 6.07 Å². The molecule has 0 amide bonds. The number of hydrogen-bond donors (Lipinski definition) is 0. The summed E-state index contributed by atoms with van der Waals surface area (Å²) in [6.45, 7) is 0. The topological polar surface area (TPSA) is 92.3 Å². The minimum atomic E-state index is -1.99. The summed E-state index contributed by atoms with van der Waals surface area (Å²) in [6.07, 6.45) is 0. The van der Waals surface area contributed by atoms with Crippen LogP contribution in [-0.2, 0) is 15.6 Å². The molecular formula is C34H31IO10P2Pd. The van der Waals surface area contributed by atoms with Crippen molar-refractivity contribution in [1.82, 2.24) is 0 Å². The zero-order chi connectivity index (χ0) is 34.1.